The molecule has 0 saturated carbocycles. The van der Waals surface area contributed by atoms with Crippen LogP contribution in [0.25, 0.3) is 61.2 Å². The Labute approximate surface area is 355 Å². The fraction of sp³-hybridized carbons (Fsp3) is 0.222. The maximum atomic E-state index is 8.87. The van der Waals surface area contributed by atoms with Gasteiger partial charge in [0.15, 0.2) is 0 Å². The maximum absolute atomic E-state index is 8.87. The first-order valence-electron chi connectivity index (χ1n) is 22.7. The van der Waals surface area contributed by atoms with Gasteiger partial charge in [0.25, 0.3) is 6.33 Å². The number of ether oxygens (including phenoxy) is 1. The lowest BCUT2D eigenvalue weighted by Gasteiger charge is -2.31. The highest BCUT2D eigenvalue weighted by atomic mass is 16.5. The molecule has 0 atom stereocenters. The van der Waals surface area contributed by atoms with Crippen LogP contribution in [0, 0.1) is 6.33 Å². The number of hydrogen-bond acceptors (Lipinski definition) is 2. The van der Waals surface area contributed by atoms with E-state index in [1.807, 2.05) is 60.8 Å². The van der Waals surface area contributed by atoms with Crippen molar-refractivity contribution >= 4 is 32.8 Å². The van der Waals surface area contributed by atoms with Crippen LogP contribution >= 0.6 is 0 Å². The van der Waals surface area contributed by atoms with Crippen molar-refractivity contribution in [3.63, 3.8) is 0 Å². The number of aromatic nitrogens is 4. The number of benzene rings is 6. The van der Waals surface area contributed by atoms with Crippen LogP contribution < -0.4 is 9.30 Å². The summed E-state index contributed by atoms with van der Waals surface area (Å²) in [6.45, 7) is 19.5. The lowest BCUT2D eigenvalue weighted by molar-refractivity contribution is -0.574. The van der Waals surface area contributed by atoms with Crippen LogP contribution in [0.2, 0.25) is 0 Å². The van der Waals surface area contributed by atoms with Gasteiger partial charge in [-0.3, -0.25) is 13.7 Å². The second kappa shape index (κ2) is 14.1. The van der Waals surface area contributed by atoms with Crippen molar-refractivity contribution in [1.29, 1.82) is 0 Å². The molecule has 294 valence electrons. The van der Waals surface area contributed by atoms with Crippen LogP contribution in [-0.2, 0) is 16.2 Å². The van der Waals surface area contributed by atoms with Crippen LogP contribution in [0.5, 0.6) is 11.5 Å². The minimum atomic E-state index is -0.422. The Morgan fingerprint density at radius 3 is 1.97 bits per heavy atom. The normalized spacial score (nSPS) is 13.7. The van der Waals surface area contributed by atoms with Gasteiger partial charge in [-0.2, -0.15) is 0 Å². The lowest BCUT2D eigenvalue weighted by atomic mass is 9.77. The Balaban J connectivity index is 1.18. The van der Waals surface area contributed by atoms with Crippen molar-refractivity contribution in [2.24, 2.45) is 0 Å². The molecule has 0 radical (unpaired) electrons. The average molecular weight is 778 g/mol. The second-order valence-corrected chi connectivity index (χ2v) is 18.5. The zero-order valence-corrected chi connectivity index (χ0v) is 35.2. The summed E-state index contributed by atoms with van der Waals surface area (Å²) < 4.78 is 56.0. The Morgan fingerprint density at radius 2 is 1.25 bits per heavy atom. The molecule has 9 aromatic rings. The van der Waals surface area contributed by atoms with Gasteiger partial charge in [0.1, 0.15) is 17.3 Å². The van der Waals surface area contributed by atoms with Gasteiger partial charge in [-0.1, -0.05) is 153 Å². The molecule has 6 aromatic carbocycles. The van der Waals surface area contributed by atoms with Gasteiger partial charge >= 0.3 is 0 Å². The molecule has 3 aromatic heterocycles. The topological polar surface area (TPSA) is 35.9 Å². The Hall–Kier alpha value is -6.46. The van der Waals surface area contributed by atoms with E-state index in [0.717, 1.165) is 61.2 Å². The molecule has 5 heteroatoms. The molecule has 0 saturated heterocycles. The minimum absolute atomic E-state index is 0.0384. The molecule has 59 heavy (non-hydrogen) atoms. The molecule has 3 heterocycles. The van der Waals surface area contributed by atoms with Gasteiger partial charge in [0.05, 0.1) is 40.3 Å². The van der Waals surface area contributed by atoms with Crippen LogP contribution in [0.1, 0.15) is 85.9 Å². The third-order valence-electron chi connectivity index (χ3n) is 11.1. The van der Waals surface area contributed by atoms with Crippen LogP contribution in [-0.4, -0.2) is 14.1 Å². The molecule has 0 fully saturated rings. The highest BCUT2D eigenvalue weighted by molar-refractivity contribution is 6.09. The maximum Gasteiger partial charge on any atom is 0.269 e. The number of imidazole rings is 1. The van der Waals surface area contributed by atoms with Crippen molar-refractivity contribution in [2.45, 2.75) is 78.6 Å². The number of para-hydroxylation sites is 3. The molecule has 0 amide bonds. The summed E-state index contributed by atoms with van der Waals surface area (Å²) in [6.07, 6.45) is 5.62. The van der Waals surface area contributed by atoms with Crippen LogP contribution in [0.15, 0.2) is 152 Å². The summed E-state index contributed by atoms with van der Waals surface area (Å²) in [5.74, 6) is 2.22. The summed E-state index contributed by atoms with van der Waals surface area (Å²) in [4.78, 5) is 4.85. The van der Waals surface area contributed by atoms with Crippen molar-refractivity contribution < 1.29 is 16.2 Å². The number of hydrogen-bond donors (Lipinski definition) is 0. The SMILES string of the molecule is [2H]c1c([2H])c([2H])c(-c2cc(C(C)(C)C)c(-[n+]3[c-]n(-c4cccc(Oc5ccc6c7ccccc7n(-c7cc(C(C)(C)C)ccn7)c6c5)c4)c4ccccc43)c(C(C)(C)C)c2)c([2H])c1[2H]. The number of rotatable bonds is 6. The second-order valence-electron chi connectivity index (χ2n) is 18.5. The summed E-state index contributed by atoms with van der Waals surface area (Å²) in [6, 6.07) is 37.6. The molecule has 0 aliphatic rings. The molecule has 9 rings (SSSR count). The molecule has 0 spiro atoms. The van der Waals surface area contributed by atoms with E-state index in [2.05, 4.69) is 143 Å². The monoisotopic (exact) mass is 777 g/mol. The minimum Gasteiger partial charge on any atom is -0.458 e. The molecule has 5 nitrogen and oxygen atoms in total. The Morgan fingerprint density at radius 1 is 0.593 bits per heavy atom. The smallest absolute Gasteiger partial charge is 0.269 e. The quantitative estimate of drug-likeness (QED) is 0.125. The zero-order valence-electron chi connectivity index (χ0n) is 40.2. The average Bonchev–Trinajstić information content (AvgIpc) is 3.80. The van der Waals surface area contributed by atoms with Crippen molar-refractivity contribution in [3.8, 4) is 39.8 Å². The fourth-order valence-electron chi connectivity index (χ4n) is 8.06. The number of nitrogens with zero attached hydrogens (tertiary/aromatic N) is 4. The van der Waals surface area contributed by atoms with Gasteiger partial charge in [-0.05, 0) is 92.6 Å². The number of pyridine rings is 1. The predicted molar refractivity (Wildman–Crippen MR) is 244 cm³/mol. The first-order valence-corrected chi connectivity index (χ1v) is 20.2. The van der Waals surface area contributed by atoms with E-state index in [0.29, 0.717) is 17.1 Å². The van der Waals surface area contributed by atoms with Crippen LogP contribution in [0.4, 0.5) is 0 Å². The van der Waals surface area contributed by atoms with Crippen molar-refractivity contribution in [1.82, 2.24) is 14.1 Å². The van der Waals surface area contributed by atoms with E-state index in [1.165, 1.54) is 5.56 Å². The molecule has 0 unspecified atom stereocenters. The first-order chi connectivity index (χ1) is 30.2. The van der Waals surface area contributed by atoms with Crippen LogP contribution in [0.3, 0.4) is 0 Å². The molecule has 0 aliphatic carbocycles. The summed E-state index contributed by atoms with van der Waals surface area (Å²) in [5.41, 5.74) is 8.74. The molecule has 0 N–H and O–H groups in total. The third kappa shape index (κ3) is 6.99. The zero-order chi connectivity index (χ0) is 45.6. The third-order valence-corrected chi connectivity index (χ3v) is 11.1. The van der Waals surface area contributed by atoms with E-state index >= 15 is 0 Å². The molecule has 0 aliphatic heterocycles. The standard InChI is InChI=1S/C54H52N4O/c1-52(2,3)38-28-29-55-50(32-38)58-46-23-14-13-22-42(46)43-27-26-41(34-49(43)58)59-40-21-17-20-39(33-40)56-35-57(48-25-16-15-24-47(48)56)51-44(53(4,5)6)30-37(31-45(51)54(7,8)9)36-18-11-10-12-19-36/h10-34H,1-9H3/i10D,11D,12D,18D,19D. The highest BCUT2D eigenvalue weighted by Gasteiger charge is 2.30. The lowest BCUT2D eigenvalue weighted by Crippen LogP contribution is -2.37. The first kappa shape index (κ1) is 32.5. The molecular formula is C54H52N4O. The highest BCUT2D eigenvalue weighted by Crippen LogP contribution is 2.40. The Kier molecular flexibility index (Phi) is 7.78. The summed E-state index contributed by atoms with van der Waals surface area (Å²) in [5, 5.41) is 2.26. The summed E-state index contributed by atoms with van der Waals surface area (Å²) >= 11 is 0. The van der Waals surface area contributed by atoms with Gasteiger partial charge in [0, 0.05) is 23.0 Å². The van der Waals surface area contributed by atoms with Gasteiger partial charge in [0.2, 0.25) is 0 Å². The largest absolute Gasteiger partial charge is 0.458 e. The fourth-order valence-corrected chi connectivity index (χ4v) is 8.06. The van der Waals surface area contributed by atoms with E-state index in [4.69, 9.17) is 16.6 Å². The molecule has 0 bridgehead atoms. The van der Waals surface area contributed by atoms with E-state index < -0.39 is 16.9 Å². The predicted octanol–water partition coefficient (Wildman–Crippen LogP) is 13.6. The Bertz CT molecular complexity index is 3260. The summed E-state index contributed by atoms with van der Waals surface area (Å²) in [7, 11) is 0. The van der Waals surface area contributed by atoms with Gasteiger partial charge in [-0.15, -0.1) is 0 Å². The van der Waals surface area contributed by atoms with Crippen molar-refractivity contribution in [3.05, 3.63) is 175 Å². The van der Waals surface area contributed by atoms with Gasteiger partial charge in [-0.25, -0.2) is 4.98 Å². The van der Waals surface area contributed by atoms with E-state index in [-0.39, 0.29) is 35.1 Å². The number of fused-ring (bicyclic) bond motifs is 4. The van der Waals surface area contributed by atoms with E-state index in [9.17, 15) is 0 Å². The molecular weight excluding hydrogens is 721 g/mol. The van der Waals surface area contributed by atoms with E-state index in [1.54, 1.807) is 0 Å². The van der Waals surface area contributed by atoms with Gasteiger partial charge < -0.3 is 4.74 Å². The van der Waals surface area contributed by atoms with Crippen molar-refractivity contribution in [2.75, 3.05) is 0 Å².